The number of nitriles is 1. The Morgan fingerprint density at radius 3 is 2.15 bits per heavy atom. The molecule has 2 amide bonds. The largest absolute Gasteiger partial charge is 0.372 e. The highest BCUT2D eigenvalue weighted by atomic mass is 16.2. The average molecular weight is 350 g/mol. The monoisotopic (exact) mass is 350 g/mol. The van der Waals surface area contributed by atoms with Crippen LogP contribution in [0.25, 0.3) is 0 Å². The number of anilines is 3. The lowest BCUT2D eigenvalue weighted by Crippen LogP contribution is -2.22. The second kappa shape index (κ2) is 9.23. The van der Waals surface area contributed by atoms with E-state index in [4.69, 9.17) is 5.26 Å². The van der Waals surface area contributed by atoms with Crippen LogP contribution in [0, 0.1) is 11.3 Å². The molecule has 0 aliphatic rings. The van der Waals surface area contributed by atoms with Gasteiger partial charge in [0.25, 0.3) is 0 Å². The van der Waals surface area contributed by atoms with Crippen molar-refractivity contribution in [3.63, 3.8) is 0 Å². The molecule has 2 N–H and O–H groups in total. The SMILES string of the molecule is CCN(CC)c1ccc(NC(=O)CC(=O)Nc2cccc(C#N)c2)cc1. The van der Waals surface area contributed by atoms with Crippen LogP contribution in [0.15, 0.2) is 48.5 Å². The molecule has 0 radical (unpaired) electrons. The molecule has 0 saturated heterocycles. The molecule has 0 fully saturated rings. The fourth-order valence-corrected chi connectivity index (χ4v) is 2.57. The molecular formula is C20H22N4O2. The lowest BCUT2D eigenvalue weighted by atomic mass is 10.2. The molecule has 6 nitrogen and oxygen atoms in total. The molecule has 0 atom stereocenters. The molecule has 2 rings (SSSR count). The van der Waals surface area contributed by atoms with Crippen LogP contribution in [0.2, 0.25) is 0 Å². The highest BCUT2D eigenvalue weighted by Crippen LogP contribution is 2.18. The van der Waals surface area contributed by atoms with Crippen LogP contribution in [-0.4, -0.2) is 24.9 Å². The quantitative estimate of drug-likeness (QED) is 0.750. The lowest BCUT2D eigenvalue weighted by molar-refractivity contribution is -0.123. The van der Waals surface area contributed by atoms with Crippen molar-refractivity contribution in [3.05, 3.63) is 54.1 Å². The maximum Gasteiger partial charge on any atom is 0.233 e. The van der Waals surface area contributed by atoms with E-state index in [9.17, 15) is 9.59 Å². The fraction of sp³-hybridized carbons (Fsp3) is 0.250. The van der Waals surface area contributed by atoms with E-state index in [-0.39, 0.29) is 6.42 Å². The third kappa shape index (κ3) is 5.35. The minimum Gasteiger partial charge on any atom is -0.372 e. The van der Waals surface area contributed by atoms with Gasteiger partial charge in [0.15, 0.2) is 0 Å². The summed E-state index contributed by atoms with van der Waals surface area (Å²) in [5.74, 6) is -0.827. The first-order valence-electron chi connectivity index (χ1n) is 8.50. The first-order valence-corrected chi connectivity index (χ1v) is 8.50. The zero-order chi connectivity index (χ0) is 18.9. The van der Waals surface area contributed by atoms with E-state index in [1.54, 1.807) is 24.3 Å². The molecule has 134 valence electrons. The van der Waals surface area contributed by atoms with Crippen molar-refractivity contribution in [2.75, 3.05) is 28.6 Å². The number of amides is 2. The summed E-state index contributed by atoms with van der Waals surface area (Å²) in [7, 11) is 0. The molecule has 6 heteroatoms. The van der Waals surface area contributed by atoms with Crippen LogP contribution in [0.5, 0.6) is 0 Å². The summed E-state index contributed by atoms with van der Waals surface area (Å²) in [4.78, 5) is 26.2. The van der Waals surface area contributed by atoms with Gasteiger partial charge in [-0.3, -0.25) is 9.59 Å². The maximum absolute atomic E-state index is 12.0. The van der Waals surface area contributed by atoms with Crippen molar-refractivity contribution >= 4 is 28.9 Å². The van der Waals surface area contributed by atoms with Crippen LogP contribution in [0.3, 0.4) is 0 Å². The van der Waals surface area contributed by atoms with E-state index in [1.807, 2.05) is 30.3 Å². The Morgan fingerprint density at radius 2 is 1.58 bits per heavy atom. The molecule has 0 aromatic heterocycles. The Balaban J connectivity index is 1.89. The number of carbonyl (C=O) groups is 2. The molecule has 2 aromatic rings. The van der Waals surface area contributed by atoms with Crippen molar-refractivity contribution in [1.82, 2.24) is 0 Å². The average Bonchev–Trinajstić information content (AvgIpc) is 2.64. The van der Waals surface area contributed by atoms with Gasteiger partial charge in [0, 0.05) is 30.2 Å². The summed E-state index contributed by atoms with van der Waals surface area (Å²) in [6.45, 7) is 6.00. The zero-order valence-corrected chi connectivity index (χ0v) is 15.0. The summed E-state index contributed by atoms with van der Waals surface area (Å²) in [5, 5.41) is 14.2. The van der Waals surface area contributed by atoms with E-state index < -0.39 is 11.8 Å². The first kappa shape index (κ1) is 19.0. The molecular weight excluding hydrogens is 328 g/mol. The Morgan fingerprint density at radius 1 is 0.962 bits per heavy atom. The van der Waals surface area contributed by atoms with Crippen LogP contribution < -0.4 is 15.5 Å². The number of hydrogen-bond donors (Lipinski definition) is 2. The van der Waals surface area contributed by atoms with E-state index in [0.29, 0.717) is 16.9 Å². The van der Waals surface area contributed by atoms with Gasteiger partial charge in [-0.05, 0) is 56.3 Å². The lowest BCUT2D eigenvalue weighted by Gasteiger charge is -2.21. The molecule has 26 heavy (non-hydrogen) atoms. The predicted molar refractivity (Wildman–Crippen MR) is 103 cm³/mol. The van der Waals surface area contributed by atoms with Crippen LogP contribution in [0.1, 0.15) is 25.8 Å². The molecule has 0 aliphatic carbocycles. The first-order chi connectivity index (χ1) is 12.5. The number of hydrogen-bond acceptors (Lipinski definition) is 4. The van der Waals surface area contributed by atoms with E-state index in [1.165, 1.54) is 0 Å². The van der Waals surface area contributed by atoms with E-state index in [0.717, 1.165) is 18.8 Å². The highest BCUT2D eigenvalue weighted by molar-refractivity contribution is 6.08. The Labute approximate surface area is 153 Å². The molecule has 0 spiro atoms. The number of nitrogens with one attached hydrogen (secondary N) is 2. The van der Waals surface area contributed by atoms with Gasteiger partial charge in [0.1, 0.15) is 6.42 Å². The van der Waals surface area contributed by atoms with Gasteiger partial charge in [-0.15, -0.1) is 0 Å². The van der Waals surface area contributed by atoms with Crippen molar-refractivity contribution in [3.8, 4) is 6.07 Å². The number of rotatable bonds is 7. The van der Waals surface area contributed by atoms with Gasteiger partial charge in [-0.25, -0.2) is 0 Å². The van der Waals surface area contributed by atoms with Crippen molar-refractivity contribution in [1.29, 1.82) is 5.26 Å². The minimum absolute atomic E-state index is 0.297. The van der Waals surface area contributed by atoms with Gasteiger partial charge >= 0.3 is 0 Å². The molecule has 0 heterocycles. The minimum atomic E-state index is -0.433. The van der Waals surface area contributed by atoms with Gasteiger partial charge in [-0.1, -0.05) is 6.07 Å². The van der Waals surface area contributed by atoms with Gasteiger partial charge in [0.05, 0.1) is 11.6 Å². The summed E-state index contributed by atoms with van der Waals surface area (Å²) in [6, 6.07) is 16.1. The molecule has 2 aromatic carbocycles. The van der Waals surface area contributed by atoms with Gasteiger partial charge in [0.2, 0.25) is 11.8 Å². The zero-order valence-electron chi connectivity index (χ0n) is 15.0. The predicted octanol–water partition coefficient (Wildman–Crippen LogP) is 3.37. The Bertz CT molecular complexity index is 805. The van der Waals surface area contributed by atoms with E-state index in [2.05, 4.69) is 29.4 Å². The van der Waals surface area contributed by atoms with E-state index >= 15 is 0 Å². The molecule has 0 saturated carbocycles. The fourth-order valence-electron chi connectivity index (χ4n) is 2.57. The third-order valence-electron chi connectivity index (χ3n) is 3.88. The number of carbonyl (C=O) groups excluding carboxylic acids is 2. The van der Waals surface area contributed by atoms with Crippen molar-refractivity contribution in [2.45, 2.75) is 20.3 Å². The van der Waals surface area contributed by atoms with Gasteiger partial charge < -0.3 is 15.5 Å². The summed E-state index contributed by atoms with van der Waals surface area (Å²) in [6.07, 6.45) is -0.297. The second-order valence-corrected chi connectivity index (χ2v) is 5.68. The second-order valence-electron chi connectivity index (χ2n) is 5.68. The summed E-state index contributed by atoms with van der Waals surface area (Å²) < 4.78 is 0. The normalized spacial score (nSPS) is 9.88. The van der Waals surface area contributed by atoms with Crippen LogP contribution in [0.4, 0.5) is 17.1 Å². The Kier molecular flexibility index (Phi) is 6.75. The highest BCUT2D eigenvalue weighted by Gasteiger charge is 2.11. The Hall–Kier alpha value is -3.33. The number of nitrogens with zero attached hydrogens (tertiary/aromatic N) is 2. The van der Waals surface area contributed by atoms with Gasteiger partial charge in [-0.2, -0.15) is 5.26 Å². The maximum atomic E-state index is 12.0. The topological polar surface area (TPSA) is 85.2 Å². The summed E-state index contributed by atoms with van der Waals surface area (Å²) >= 11 is 0. The molecule has 0 bridgehead atoms. The van der Waals surface area contributed by atoms with Crippen LogP contribution in [-0.2, 0) is 9.59 Å². The smallest absolute Gasteiger partial charge is 0.233 e. The molecule has 0 aliphatic heterocycles. The van der Waals surface area contributed by atoms with Crippen LogP contribution >= 0.6 is 0 Å². The van der Waals surface area contributed by atoms with Crippen molar-refractivity contribution < 1.29 is 9.59 Å². The summed E-state index contributed by atoms with van der Waals surface area (Å²) in [5.41, 5.74) is 2.67. The molecule has 0 unspecified atom stereocenters. The number of benzene rings is 2. The standard InChI is InChI=1S/C20H22N4O2/c1-3-24(4-2)18-10-8-16(9-11-18)22-19(25)13-20(26)23-17-7-5-6-15(12-17)14-21/h5-12H,3-4,13H2,1-2H3,(H,22,25)(H,23,26). The van der Waals surface area contributed by atoms with Crippen molar-refractivity contribution in [2.24, 2.45) is 0 Å². The third-order valence-corrected chi connectivity index (χ3v) is 3.88.